The van der Waals surface area contributed by atoms with Crippen molar-refractivity contribution in [2.75, 3.05) is 11.4 Å². The zero-order valence-corrected chi connectivity index (χ0v) is 22.8. The van der Waals surface area contributed by atoms with Crippen molar-refractivity contribution in [1.29, 1.82) is 5.26 Å². The molecule has 9 heteroatoms. The summed E-state index contributed by atoms with van der Waals surface area (Å²) in [6.45, 7) is 0.361. The molecule has 0 aromatic heterocycles. The predicted molar refractivity (Wildman–Crippen MR) is 149 cm³/mol. The van der Waals surface area contributed by atoms with Gasteiger partial charge in [-0.25, -0.2) is 0 Å². The summed E-state index contributed by atoms with van der Waals surface area (Å²) in [7, 11) is 0. The summed E-state index contributed by atoms with van der Waals surface area (Å²) in [5.74, 6) is -0.759. The lowest BCUT2D eigenvalue weighted by Gasteiger charge is -2.19. The Hall–Kier alpha value is -2.76. The minimum absolute atomic E-state index is 0.107. The zero-order chi connectivity index (χ0) is 25.7. The average Bonchev–Trinajstić information content (AvgIpc) is 3.18. The second-order valence-corrected chi connectivity index (χ2v) is 10.9. The highest BCUT2D eigenvalue weighted by atomic mass is 79.9. The number of carbonyl (C=O) groups excluding carboxylic acids is 2. The molecule has 1 atom stereocenters. The summed E-state index contributed by atoms with van der Waals surface area (Å²) in [6.07, 6.45) is 0.923. The molecule has 182 valence electrons. The summed E-state index contributed by atoms with van der Waals surface area (Å²) in [5, 5.41) is 13.5. The van der Waals surface area contributed by atoms with Crippen LogP contribution in [0.2, 0.25) is 10.0 Å². The van der Waals surface area contributed by atoms with Crippen molar-refractivity contribution in [2.45, 2.75) is 18.1 Å². The second-order valence-electron chi connectivity index (χ2n) is 7.98. The van der Waals surface area contributed by atoms with Gasteiger partial charge in [0.25, 0.3) is 5.91 Å². The number of nitrogens with one attached hydrogen (secondary N) is 1. The number of rotatable bonds is 7. The van der Waals surface area contributed by atoms with E-state index in [4.69, 9.17) is 23.2 Å². The van der Waals surface area contributed by atoms with Crippen LogP contribution in [0, 0.1) is 11.3 Å². The molecule has 1 aliphatic rings. The Morgan fingerprint density at radius 1 is 1.08 bits per heavy atom. The minimum atomic E-state index is -0.583. The second kappa shape index (κ2) is 12.0. The van der Waals surface area contributed by atoms with Crippen molar-refractivity contribution in [1.82, 2.24) is 5.32 Å². The van der Waals surface area contributed by atoms with Gasteiger partial charge in [-0.2, -0.15) is 5.26 Å². The van der Waals surface area contributed by atoms with Gasteiger partial charge < -0.3 is 5.32 Å². The van der Waals surface area contributed by atoms with Crippen molar-refractivity contribution in [2.24, 2.45) is 0 Å². The highest BCUT2D eigenvalue weighted by molar-refractivity contribution is 9.10. The lowest BCUT2D eigenvalue weighted by Crippen LogP contribution is -2.32. The van der Waals surface area contributed by atoms with Crippen molar-refractivity contribution in [3.8, 4) is 6.07 Å². The van der Waals surface area contributed by atoms with Gasteiger partial charge in [0.05, 0.1) is 5.25 Å². The first-order chi connectivity index (χ1) is 17.4. The van der Waals surface area contributed by atoms with Gasteiger partial charge in [0.1, 0.15) is 16.7 Å². The van der Waals surface area contributed by atoms with E-state index in [1.54, 1.807) is 42.5 Å². The first-order valence-corrected chi connectivity index (χ1v) is 13.5. The molecule has 1 aliphatic heterocycles. The SMILES string of the molecule is N#C/C(C(=O)NCCc1ccccc1)=C1/S[C@H](Cc2cc(Cl)ccc2Cl)C(=O)N1c1ccc(Br)cc1. The van der Waals surface area contributed by atoms with E-state index < -0.39 is 11.2 Å². The average molecular weight is 601 g/mol. The lowest BCUT2D eigenvalue weighted by atomic mass is 10.1. The van der Waals surface area contributed by atoms with Gasteiger partial charge in [-0.1, -0.05) is 81.2 Å². The maximum Gasteiger partial charge on any atom is 0.264 e. The first kappa shape index (κ1) is 26.3. The van der Waals surface area contributed by atoms with Crippen LogP contribution in [-0.4, -0.2) is 23.6 Å². The molecule has 3 aromatic carbocycles. The Balaban J connectivity index is 1.64. The summed E-state index contributed by atoms with van der Waals surface area (Å²) in [5.41, 5.74) is 2.25. The molecule has 1 N–H and O–H groups in total. The third-order valence-electron chi connectivity index (χ3n) is 5.55. The van der Waals surface area contributed by atoms with Gasteiger partial charge >= 0.3 is 0 Å². The molecule has 4 rings (SSSR count). The van der Waals surface area contributed by atoms with Gasteiger partial charge in [0, 0.05) is 26.8 Å². The van der Waals surface area contributed by atoms with E-state index in [0.29, 0.717) is 40.1 Å². The number of halogens is 3. The Kier molecular flexibility index (Phi) is 8.76. The molecule has 1 saturated heterocycles. The molecule has 1 fully saturated rings. The Morgan fingerprint density at radius 2 is 1.81 bits per heavy atom. The molecular weight excluding hydrogens is 581 g/mol. The smallest absolute Gasteiger partial charge is 0.264 e. The van der Waals surface area contributed by atoms with Gasteiger partial charge in [-0.3, -0.25) is 14.5 Å². The highest BCUT2D eigenvalue weighted by Crippen LogP contribution is 2.42. The maximum absolute atomic E-state index is 13.6. The van der Waals surface area contributed by atoms with Gasteiger partial charge in [-0.15, -0.1) is 0 Å². The molecule has 0 radical (unpaired) electrons. The molecule has 1 heterocycles. The molecule has 3 aromatic rings. The molecule has 0 aliphatic carbocycles. The number of hydrogen-bond acceptors (Lipinski definition) is 4. The molecule has 0 saturated carbocycles. The van der Waals surface area contributed by atoms with Crippen LogP contribution in [0.15, 0.2) is 87.9 Å². The van der Waals surface area contributed by atoms with Crippen molar-refractivity contribution in [3.05, 3.63) is 109 Å². The fourth-order valence-electron chi connectivity index (χ4n) is 3.76. The van der Waals surface area contributed by atoms with E-state index >= 15 is 0 Å². The van der Waals surface area contributed by atoms with Gasteiger partial charge in [0.15, 0.2) is 0 Å². The monoisotopic (exact) mass is 599 g/mol. The minimum Gasteiger partial charge on any atom is -0.351 e. The van der Waals surface area contributed by atoms with Crippen molar-refractivity contribution < 1.29 is 9.59 Å². The van der Waals surface area contributed by atoms with Crippen LogP contribution in [0.3, 0.4) is 0 Å². The highest BCUT2D eigenvalue weighted by Gasteiger charge is 2.41. The summed E-state index contributed by atoms with van der Waals surface area (Å²) in [4.78, 5) is 28.1. The fourth-order valence-corrected chi connectivity index (χ4v) is 5.71. The normalized spacial score (nSPS) is 16.6. The predicted octanol–water partition coefficient (Wildman–Crippen LogP) is 6.54. The van der Waals surface area contributed by atoms with E-state index in [-0.39, 0.29) is 11.5 Å². The number of thioether (sulfide) groups is 1. The van der Waals surface area contributed by atoms with E-state index in [1.807, 2.05) is 36.4 Å². The number of anilines is 1. The number of nitriles is 1. The Labute approximate surface area is 232 Å². The molecule has 0 bridgehead atoms. The standard InChI is InChI=1S/C27H20BrCl2N3O2S/c28-19-6-9-21(10-7-19)33-26(35)24(15-18-14-20(29)8-11-23(18)30)36-27(33)22(16-31)25(34)32-13-12-17-4-2-1-3-5-17/h1-11,14,24H,12-13,15H2,(H,32,34)/b27-22-/t24-/m1/s1. The molecule has 0 unspecified atom stereocenters. The number of hydrogen-bond donors (Lipinski definition) is 1. The topological polar surface area (TPSA) is 73.2 Å². The fraction of sp³-hybridized carbons (Fsp3) is 0.148. The number of nitrogens with zero attached hydrogens (tertiary/aromatic N) is 2. The third kappa shape index (κ3) is 6.13. The van der Waals surface area contributed by atoms with E-state index in [9.17, 15) is 14.9 Å². The van der Waals surface area contributed by atoms with Gasteiger partial charge in [0.2, 0.25) is 5.91 Å². The molecule has 0 spiro atoms. The Morgan fingerprint density at radius 3 is 2.50 bits per heavy atom. The third-order valence-corrected chi connectivity index (χ3v) is 7.94. The quantitative estimate of drug-likeness (QED) is 0.247. The summed E-state index contributed by atoms with van der Waals surface area (Å²) < 4.78 is 0.845. The van der Waals surface area contributed by atoms with Crippen molar-refractivity contribution in [3.63, 3.8) is 0 Å². The van der Waals surface area contributed by atoms with Gasteiger partial charge in [-0.05, 0) is 66.4 Å². The maximum atomic E-state index is 13.6. The van der Waals surface area contributed by atoms with Crippen molar-refractivity contribution >= 4 is 68.4 Å². The lowest BCUT2D eigenvalue weighted by molar-refractivity contribution is -0.117. The van der Waals surface area contributed by atoms with Crippen LogP contribution < -0.4 is 10.2 Å². The van der Waals surface area contributed by atoms with Crippen LogP contribution in [0.25, 0.3) is 0 Å². The van der Waals surface area contributed by atoms with E-state index in [2.05, 4.69) is 21.2 Å². The summed E-state index contributed by atoms with van der Waals surface area (Å²) >= 11 is 17.1. The molecule has 5 nitrogen and oxygen atoms in total. The van der Waals surface area contributed by atoms with Crippen LogP contribution in [0.5, 0.6) is 0 Å². The van der Waals surface area contributed by atoms with E-state index in [0.717, 1.165) is 15.6 Å². The number of carbonyl (C=O) groups is 2. The van der Waals surface area contributed by atoms with Crippen LogP contribution in [0.4, 0.5) is 5.69 Å². The molecule has 2 amide bonds. The van der Waals surface area contributed by atoms with Crippen LogP contribution in [0.1, 0.15) is 11.1 Å². The zero-order valence-electron chi connectivity index (χ0n) is 18.9. The largest absolute Gasteiger partial charge is 0.351 e. The summed E-state index contributed by atoms with van der Waals surface area (Å²) in [6, 6.07) is 24.0. The van der Waals surface area contributed by atoms with E-state index in [1.165, 1.54) is 16.7 Å². The number of benzene rings is 3. The van der Waals surface area contributed by atoms with Crippen LogP contribution in [-0.2, 0) is 22.4 Å². The Bertz CT molecular complexity index is 1360. The molecular formula is C27H20BrCl2N3O2S. The number of amides is 2. The molecule has 36 heavy (non-hydrogen) atoms. The first-order valence-electron chi connectivity index (χ1n) is 11.0. The van der Waals surface area contributed by atoms with Crippen LogP contribution >= 0.6 is 50.9 Å².